The van der Waals surface area contributed by atoms with E-state index in [2.05, 4.69) is 10.0 Å². The van der Waals surface area contributed by atoms with Crippen LogP contribution in [-0.2, 0) is 16.6 Å². The van der Waals surface area contributed by atoms with E-state index in [1.165, 1.54) is 24.3 Å². The Morgan fingerprint density at radius 3 is 2.37 bits per heavy atom. The first kappa shape index (κ1) is 21.4. The number of rotatable bonds is 6. The van der Waals surface area contributed by atoms with Gasteiger partial charge in [0.1, 0.15) is 11.6 Å². The molecule has 0 heterocycles. The first-order valence-electron chi connectivity index (χ1n) is 9.08. The lowest BCUT2D eigenvalue weighted by atomic mass is 10.1. The zero-order chi connectivity index (χ0) is 21.9. The van der Waals surface area contributed by atoms with Crippen molar-refractivity contribution in [2.24, 2.45) is 0 Å². The van der Waals surface area contributed by atoms with Gasteiger partial charge in [-0.25, -0.2) is 17.2 Å². The maximum atomic E-state index is 13.6. The van der Waals surface area contributed by atoms with Crippen molar-refractivity contribution in [3.8, 4) is 0 Å². The Bertz CT molecular complexity index is 1190. The number of amides is 1. The predicted molar refractivity (Wildman–Crippen MR) is 111 cm³/mol. The highest BCUT2D eigenvalue weighted by Crippen LogP contribution is 2.22. The van der Waals surface area contributed by atoms with Crippen molar-refractivity contribution in [3.05, 3.63) is 94.6 Å². The second kappa shape index (κ2) is 8.62. The van der Waals surface area contributed by atoms with Crippen molar-refractivity contribution in [3.63, 3.8) is 0 Å². The van der Waals surface area contributed by atoms with Gasteiger partial charge in [0.15, 0.2) is 0 Å². The van der Waals surface area contributed by atoms with Crippen LogP contribution in [0.15, 0.2) is 65.6 Å². The molecule has 3 aromatic carbocycles. The van der Waals surface area contributed by atoms with Gasteiger partial charge in [0.05, 0.1) is 10.6 Å². The smallest absolute Gasteiger partial charge is 0.261 e. The second-order valence-corrected chi connectivity index (χ2v) is 8.48. The second-order valence-electron chi connectivity index (χ2n) is 6.80. The predicted octanol–water partition coefficient (Wildman–Crippen LogP) is 4.31. The van der Waals surface area contributed by atoms with E-state index < -0.39 is 27.6 Å². The number of benzene rings is 3. The van der Waals surface area contributed by atoms with Gasteiger partial charge >= 0.3 is 0 Å². The minimum atomic E-state index is -3.83. The minimum absolute atomic E-state index is 0.00358. The number of hydrogen-bond acceptors (Lipinski definition) is 3. The summed E-state index contributed by atoms with van der Waals surface area (Å²) in [6, 6.07) is 13.6. The molecule has 0 aromatic heterocycles. The van der Waals surface area contributed by atoms with Crippen molar-refractivity contribution in [1.29, 1.82) is 0 Å². The van der Waals surface area contributed by atoms with E-state index in [1.54, 1.807) is 12.1 Å². The molecule has 156 valence electrons. The van der Waals surface area contributed by atoms with Gasteiger partial charge in [0, 0.05) is 17.7 Å². The SMILES string of the molecule is Cc1cccc(NS(=O)(=O)c2ccc(C(=O)NCc3cc(F)ccc3F)cc2)c1C. The molecule has 0 unspecified atom stereocenters. The van der Waals surface area contributed by atoms with Crippen LogP contribution in [0.1, 0.15) is 27.0 Å². The molecule has 2 N–H and O–H groups in total. The zero-order valence-corrected chi connectivity index (χ0v) is 17.2. The zero-order valence-electron chi connectivity index (χ0n) is 16.4. The van der Waals surface area contributed by atoms with Crippen molar-refractivity contribution in [2.75, 3.05) is 4.72 Å². The van der Waals surface area contributed by atoms with Crippen molar-refractivity contribution in [1.82, 2.24) is 5.32 Å². The molecule has 0 saturated heterocycles. The molecule has 1 amide bonds. The lowest BCUT2D eigenvalue weighted by molar-refractivity contribution is 0.0950. The van der Waals surface area contributed by atoms with E-state index in [1.807, 2.05) is 19.9 Å². The fraction of sp³-hybridized carbons (Fsp3) is 0.136. The first-order valence-corrected chi connectivity index (χ1v) is 10.6. The fourth-order valence-corrected chi connectivity index (χ4v) is 3.93. The molecule has 0 bridgehead atoms. The Labute approximate surface area is 173 Å². The molecule has 0 atom stereocenters. The van der Waals surface area contributed by atoms with Crippen molar-refractivity contribution in [2.45, 2.75) is 25.3 Å². The van der Waals surface area contributed by atoms with E-state index >= 15 is 0 Å². The van der Waals surface area contributed by atoms with Gasteiger partial charge in [0.25, 0.3) is 15.9 Å². The summed E-state index contributed by atoms with van der Waals surface area (Å²) in [5.41, 5.74) is 2.46. The molecule has 3 aromatic rings. The Hall–Kier alpha value is -3.26. The molecule has 0 spiro atoms. The van der Waals surface area contributed by atoms with E-state index in [9.17, 15) is 22.0 Å². The number of halogens is 2. The highest BCUT2D eigenvalue weighted by Gasteiger charge is 2.17. The number of nitrogens with one attached hydrogen (secondary N) is 2. The van der Waals surface area contributed by atoms with Crippen LogP contribution < -0.4 is 10.0 Å². The highest BCUT2D eigenvalue weighted by molar-refractivity contribution is 7.92. The van der Waals surface area contributed by atoms with E-state index in [-0.39, 0.29) is 22.6 Å². The summed E-state index contributed by atoms with van der Waals surface area (Å²) >= 11 is 0. The molecular weight excluding hydrogens is 410 g/mol. The van der Waals surface area contributed by atoms with Crippen LogP contribution in [0.5, 0.6) is 0 Å². The van der Waals surface area contributed by atoms with Crippen molar-refractivity contribution >= 4 is 21.6 Å². The number of carbonyl (C=O) groups excluding carboxylic acids is 1. The number of carbonyl (C=O) groups is 1. The standard InChI is InChI=1S/C22H20F2N2O3S/c1-14-4-3-5-21(15(14)2)26-30(28,29)19-9-6-16(7-10-19)22(27)25-13-17-12-18(23)8-11-20(17)24/h3-12,26H,13H2,1-2H3,(H,25,27). The van der Waals surface area contributed by atoms with Gasteiger partial charge in [0.2, 0.25) is 0 Å². The molecule has 0 radical (unpaired) electrons. The normalized spacial score (nSPS) is 11.2. The quantitative estimate of drug-likeness (QED) is 0.612. The summed E-state index contributed by atoms with van der Waals surface area (Å²) in [5, 5.41) is 2.48. The lowest BCUT2D eigenvalue weighted by Crippen LogP contribution is -2.23. The van der Waals surface area contributed by atoms with Crippen LogP contribution in [0.25, 0.3) is 0 Å². The molecule has 0 aliphatic carbocycles. The fourth-order valence-electron chi connectivity index (χ4n) is 2.81. The maximum Gasteiger partial charge on any atom is 0.261 e. The number of sulfonamides is 1. The monoisotopic (exact) mass is 430 g/mol. The third-order valence-corrected chi connectivity index (χ3v) is 6.10. The average molecular weight is 430 g/mol. The van der Waals surface area contributed by atoms with Crippen LogP contribution in [-0.4, -0.2) is 14.3 Å². The van der Waals surface area contributed by atoms with Crippen LogP contribution in [0.2, 0.25) is 0 Å². The van der Waals surface area contributed by atoms with Gasteiger partial charge in [-0.05, 0) is 73.5 Å². The van der Waals surface area contributed by atoms with Crippen molar-refractivity contribution < 1.29 is 22.0 Å². The molecule has 3 rings (SSSR count). The topological polar surface area (TPSA) is 75.3 Å². The Kier molecular flexibility index (Phi) is 6.17. The van der Waals surface area contributed by atoms with Crippen LogP contribution >= 0.6 is 0 Å². The van der Waals surface area contributed by atoms with Gasteiger partial charge in [-0.15, -0.1) is 0 Å². The Balaban J connectivity index is 1.71. The van der Waals surface area contributed by atoms with Gasteiger partial charge in [-0.1, -0.05) is 12.1 Å². The molecule has 0 aliphatic rings. The van der Waals surface area contributed by atoms with Crippen LogP contribution in [0.4, 0.5) is 14.5 Å². The molecule has 0 aliphatic heterocycles. The first-order chi connectivity index (χ1) is 14.2. The van der Waals surface area contributed by atoms with Crippen LogP contribution in [0.3, 0.4) is 0 Å². The van der Waals surface area contributed by atoms with Gasteiger partial charge < -0.3 is 5.32 Å². The van der Waals surface area contributed by atoms with E-state index in [0.29, 0.717) is 5.69 Å². The lowest BCUT2D eigenvalue weighted by Gasteiger charge is -2.12. The Morgan fingerprint density at radius 1 is 0.967 bits per heavy atom. The summed E-state index contributed by atoms with van der Waals surface area (Å²) in [6.45, 7) is 3.51. The van der Waals surface area contributed by atoms with Gasteiger partial charge in [-0.2, -0.15) is 0 Å². The molecule has 5 nitrogen and oxygen atoms in total. The highest BCUT2D eigenvalue weighted by atomic mass is 32.2. The van der Waals surface area contributed by atoms with Gasteiger partial charge in [-0.3, -0.25) is 9.52 Å². The van der Waals surface area contributed by atoms with E-state index in [4.69, 9.17) is 0 Å². The third kappa shape index (κ3) is 4.83. The summed E-state index contributed by atoms with van der Waals surface area (Å²) in [6.07, 6.45) is 0. The molecule has 8 heteroatoms. The number of aryl methyl sites for hydroxylation is 1. The Morgan fingerprint density at radius 2 is 1.67 bits per heavy atom. The summed E-state index contributed by atoms with van der Waals surface area (Å²) < 4.78 is 54.7. The maximum absolute atomic E-state index is 13.6. The average Bonchev–Trinajstić information content (AvgIpc) is 2.72. The van der Waals surface area contributed by atoms with E-state index in [0.717, 1.165) is 29.3 Å². The van der Waals surface area contributed by atoms with Crippen LogP contribution in [0, 0.1) is 25.5 Å². The minimum Gasteiger partial charge on any atom is -0.348 e. The third-order valence-electron chi connectivity index (χ3n) is 4.72. The number of anilines is 1. The summed E-state index contributed by atoms with van der Waals surface area (Å²) in [4.78, 5) is 12.3. The molecular formula is C22H20F2N2O3S. The molecule has 0 fully saturated rings. The summed E-state index contributed by atoms with van der Waals surface area (Å²) in [7, 11) is -3.83. The number of hydrogen-bond donors (Lipinski definition) is 2. The molecule has 30 heavy (non-hydrogen) atoms. The summed E-state index contributed by atoms with van der Waals surface area (Å²) in [5.74, 6) is -1.77. The molecule has 0 saturated carbocycles. The largest absolute Gasteiger partial charge is 0.348 e.